The van der Waals surface area contributed by atoms with E-state index >= 15 is 0 Å². The molecular weight excluding hydrogens is 272 g/mol. The molecule has 70 valence electrons. The zero-order valence-corrected chi connectivity index (χ0v) is 11.2. The first-order chi connectivity index (χ1) is 6.79. The molecule has 0 saturated heterocycles. The molecule has 0 unspecified atom stereocenters. The smallest absolute Gasteiger partial charge is 0.0917 e. The van der Waals surface area contributed by atoms with Gasteiger partial charge in [0.2, 0.25) is 0 Å². The highest BCUT2D eigenvalue weighted by Gasteiger charge is 2.01. The largest absolute Gasteiger partial charge is 0.146 e. The van der Waals surface area contributed by atoms with Crippen molar-refractivity contribution < 1.29 is 0 Å². The van der Waals surface area contributed by atoms with E-state index in [1.54, 1.807) is 0 Å². The Morgan fingerprint density at radius 1 is 1.07 bits per heavy atom. The van der Waals surface area contributed by atoms with Gasteiger partial charge in [-0.05, 0) is 28.3 Å². The van der Waals surface area contributed by atoms with Crippen LogP contribution in [0.2, 0.25) is 6.55 Å². The molecule has 0 bridgehead atoms. The number of thiophene rings is 1. The Labute approximate surface area is 98.9 Å². The van der Waals surface area contributed by atoms with Crippen LogP contribution in [-0.4, -0.2) is 9.52 Å². The fourth-order valence-electron chi connectivity index (χ4n) is 1.24. The van der Waals surface area contributed by atoms with Gasteiger partial charge in [-0.25, -0.2) is 0 Å². The molecule has 2 radical (unpaired) electrons. The second-order valence-corrected chi connectivity index (χ2v) is 6.32. The monoisotopic (exact) mass is 280 g/mol. The van der Waals surface area contributed by atoms with E-state index in [1.807, 2.05) is 11.3 Å². The lowest BCUT2D eigenvalue weighted by Gasteiger charge is -1.96. The van der Waals surface area contributed by atoms with Gasteiger partial charge in [0.15, 0.2) is 0 Å². The Morgan fingerprint density at radius 3 is 2.36 bits per heavy atom. The summed E-state index contributed by atoms with van der Waals surface area (Å²) >= 11 is 5.33. The molecule has 0 amide bonds. The van der Waals surface area contributed by atoms with Crippen molar-refractivity contribution in [3.05, 3.63) is 40.9 Å². The summed E-state index contributed by atoms with van der Waals surface area (Å²) in [4.78, 5) is 1.36. The van der Waals surface area contributed by atoms with Crippen LogP contribution in [0.15, 0.2) is 40.9 Å². The number of benzene rings is 1. The molecular formula is C11H9BrSSi. The van der Waals surface area contributed by atoms with Gasteiger partial charge in [-0.2, -0.15) is 0 Å². The second kappa shape index (κ2) is 4.42. The third-order valence-electron chi connectivity index (χ3n) is 1.98. The Hall–Kier alpha value is -0.383. The van der Waals surface area contributed by atoms with Gasteiger partial charge in [0.05, 0.1) is 9.52 Å². The lowest BCUT2D eigenvalue weighted by molar-refractivity contribution is 1.65. The molecule has 2 aromatic rings. The molecule has 3 heteroatoms. The zero-order valence-electron chi connectivity index (χ0n) is 7.75. The molecule has 0 aliphatic rings. The molecule has 0 aliphatic carbocycles. The lowest BCUT2D eigenvalue weighted by atomic mass is 10.2. The summed E-state index contributed by atoms with van der Waals surface area (Å²) < 4.78 is 2.61. The molecule has 0 saturated carbocycles. The number of hydrogen-bond acceptors (Lipinski definition) is 1. The SMILES string of the molecule is C[Si]c1ccc(-c2ccc(Br)cc2)s1. The minimum atomic E-state index is 0.903. The molecule has 2 rings (SSSR count). The Bertz CT molecular complexity index is 419. The topological polar surface area (TPSA) is 0 Å². The van der Waals surface area contributed by atoms with Gasteiger partial charge in [-0.15, -0.1) is 11.3 Å². The summed E-state index contributed by atoms with van der Waals surface area (Å²) in [7, 11) is 0.903. The van der Waals surface area contributed by atoms with Crippen LogP contribution >= 0.6 is 27.3 Å². The average molecular weight is 281 g/mol. The number of halogens is 1. The molecule has 0 nitrogen and oxygen atoms in total. The predicted molar refractivity (Wildman–Crippen MR) is 68.7 cm³/mol. The highest BCUT2D eigenvalue weighted by Crippen LogP contribution is 2.24. The maximum atomic E-state index is 3.44. The zero-order chi connectivity index (χ0) is 9.97. The van der Waals surface area contributed by atoms with E-state index in [0.717, 1.165) is 14.0 Å². The predicted octanol–water partition coefficient (Wildman–Crippen LogP) is 3.56. The van der Waals surface area contributed by atoms with Gasteiger partial charge < -0.3 is 0 Å². The standard InChI is InChI=1S/C11H9BrSSi/c1-14-11-7-6-10(13-11)8-2-4-9(12)5-3-8/h2-7H,1H3. The second-order valence-electron chi connectivity index (χ2n) is 2.92. The summed E-state index contributed by atoms with van der Waals surface area (Å²) in [5.74, 6) is 0. The van der Waals surface area contributed by atoms with Crippen LogP contribution in [0.5, 0.6) is 0 Å². The Morgan fingerprint density at radius 2 is 1.79 bits per heavy atom. The van der Waals surface area contributed by atoms with Crippen molar-refractivity contribution in [3.63, 3.8) is 0 Å². The molecule has 0 fully saturated rings. The van der Waals surface area contributed by atoms with Gasteiger partial charge in [-0.3, -0.25) is 0 Å². The van der Waals surface area contributed by atoms with Crippen LogP contribution in [0.4, 0.5) is 0 Å². The lowest BCUT2D eigenvalue weighted by Crippen LogP contribution is -2.01. The van der Waals surface area contributed by atoms with E-state index in [1.165, 1.54) is 14.9 Å². The number of hydrogen-bond donors (Lipinski definition) is 0. The van der Waals surface area contributed by atoms with Crippen LogP contribution in [0.1, 0.15) is 0 Å². The Balaban J connectivity index is 2.34. The highest BCUT2D eigenvalue weighted by molar-refractivity contribution is 9.10. The van der Waals surface area contributed by atoms with Crippen LogP contribution in [0, 0.1) is 0 Å². The first-order valence-corrected chi connectivity index (χ1v) is 7.44. The summed E-state index contributed by atoms with van der Waals surface area (Å²) in [6.45, 7) is 2.22. The van der Waals surface area contributed by atoms with E-state index in [9.17, 15) is 0 Å². The third kappa shape index (κ3) is 2.16. The molecule has 0 spiro atoms. The van der Waals surface area contributed by atoms with Gasteiger partial charge in [-0.1, -0.05) is 40.7 Å². The normalized spacial score (nSPS) is 10.4. The van der Waals surface area contributed by atoms with Crippen LogP contribution in [0.3, 0.4) is 0 Å². The average Bonchev–Trinajstić information content (AvgIpc) is 2.67. The van der Waals surface area contributed by atoms with Crippen LogP contribution < -0.4 is 4.50 Å². The Kier molecular flexibility index (Phi) is 3.21. The molecule has 1 heterocycles. The van der Waals surface area contributed by atoms with Crippen molar-refractivity contribution in [2.75, 3.05) is 0 Å². The number of rotatable bonds is 2. The molecule has 14 heavy (non-hydrogen) atoms. The summed E-state index contributed by atoms with van der Waals surface area (Å²) in [6.07, 6.45) is 0. The first-order valence-electron chi connectivity index (χ1n) is 4.33. The van der Waals surface area contributed by atoms with E-state index in [4.69, 9.17) is 0 Å². The van der Waals surface area contributed by atoms with Crippen LogP contribution in [0.25, 0.3) is 10.4 Å². The fourth-order valence-corrected chi connectivity index (χ4v) is 3.26. The maximum absolute atomic E-state index is 3.44. The van der Waals surface area contributed by atoms with Crippen molar-refractivity contribution in [1.82, 2.24) is 0 Å². The molecule has 0 atom stereocenters. The van der Waals surface area contributed by atoms with E-state index in [-0.39, 0.29) is 0 Å². The van der Waals surface area contributed by atoms with Crippen molar-refractivity contribution in [2.24, 2.45) is 0 Å². The van der Waals surface area contributed by atoms with Gasteiger partial charge in [0.25, 0.3) is 0 Å². The van der Waals surface area contributed by atoms with Crippen molar-refractivity contribution in [2.45, 2.75) is 6.55 Å². The van der Waals surface area contributed by atoms with Gasteiger partial charge >= 0.3 is 0 Å². The molecule has 1 aromatic carbocycles. The summed E-state index contributed by atoms with van der Waals surface area (Å²) in [5.41, 5.74) is 1.31. The molecule has 0 N–H and O–H groups in total. The highest BCUT2D eigenvalue weighted by atomic mass is 79.9. The summed E-state index contributed by atoms with van der Waals surface area (Å²) in [6, 6.07) is 12.9. The fraction of sp³-hybridized carbons (Fsp3) is 0.0909. The third-order valence-corrected chi connectivity index (χ3v) is 5.04. The van der Waals surface area contributed by atoms with Crippen molar-refractivity contribution in [1.29, 1.82) is 0 Å². The van der Waals surface area contributed by atoms with Crippen molar-refractivity contribution >= 4 is 41.3 Å². The van der Waals surface area contributed by atoms with Crippen molar-refractivity contribution in [3.8, 4) is 10.4 Å². The van der Waals surface area contributed by atoms with E-state index in [2.05, 4.69) is 58.9 Å². The minimum Gasteiger partial charge on any atom is -0.146 e. The quantitative estimate of drug-likeness (QED) is 0.738. The summed E-state index contributed by atoms with van der Waals surface area (Å²) in [5, 5.41) is 0. The van der Waals surface area contributed by atoms with Crippen LogP contribution in [-0.2, 0) is 0 Å². The minimum absolute atomic E-state index is 0.903. The molecule has 1 aromatic heterocycles. The van der Waals surface area contributed by atoms with Gasteiger partial charge in [0, 0.05) is 9.35 Å². The van der Waals surface area contributed by atoms with E-state index in [0.29, 0.717) is 0 Å². The van der Waals surface area contributed by atoms with E-state index < -0.39 is 0 Å². The maximum Gasteiger partial charge on any atom is 0.0917 e. The molecule has 0 aliphatic heterocycles. The van der Waals surface area contributed by atoms with Gasteiger partial charge in [0.1, 0.15) is 0 Å². The first kappa shape index (κ1) is 10.1.